The summed E-state index contributed by atoms with van der Waals surface area (Å²) in [6.45, 7) is 8.19. The number of carbonyl (C=O) groups excluding carboxylic acids is 2. The van der Waals surface area contributed by atoms with Crippen LogP contribution in [0, 0.1) is 0 Å². The minimum absolute atomic E-state index is 0.202. The number of ether oxygens (including phenoxy) is 2. The summed E-state index contributed by atoms with van der Waals surface area (Å²) in [5, 5.41) is 0. The van der Waals surface area contributed by atoms with E-state index < -0.39 is 6.10 Å². The highest BCUT2D eigenvalue weighted by Crippen LogP contribution is 2.08. The van der Waals surface area contributed by atoms with Gasteiger partial charge in [-0.25, -0.2) is 4.79 Å². The second kappa shape index (κ2) is 8.92. The van der Waals surface area contributed by atoms with Crippen molar-refractivity contribution in [2.45, 2.75) is 32.8 Å². The summed E-state index contributed by atoms with van der Waals surface area (Å²) < 4.78 is 10.1. The second-order valence-electron chi connectivity index (χ2n) is 4.85. The molecule has 1 amide bonds. The Kier molecular flexibility index (Phi) is 7.54. The van der Waals surface area contributed by atoms with E-state index in [-0.39, 0.29) is 11.9 Å². The predicted octanol–water partition coefficient (Wildman–Crippen LogP) is 0.509. The van der Waals surface area contributed by atoms with Gasteiger partial charge in [-0.1, -0.05) is 0 Å². The van der Waals surface area contributed by atoms with Gasteiger partial charge in [0.2, 0.25) is 5.91 Å². The third-order valence-corrected chi connectivity index (χ3v) is 3.60. The van der Waals surface area contributed by atoms with Crippen molar-refractivity contribution in [1.82, 2.24) is 9.80 Å². The number of esters is 1. The van der Waals surface area contributed by atoms with Gasteiger partial charge in [0.1, 0.15) is 0 Å². The quantitative estimate of drug-likeness (QED) is 0.638. The van der Waals surface area contributed by atoms with E-state index >= 15 is 0 Å². The van der Waals surface area contributed by atoms with Crippen molar-refractivity contribution in [2.75, 3.05) is 46.4 Å². The molecule has 1 aliphatic heterocycles. The van der Waals surface area contributed by atoms with Crippen molar-refractivity contribution in [3.05, 3.63) is 0 Å². The molecule has 1 rings (SSSR count). The topological polar surface area (TPSA) is 59.1 Å². The zero-order chi connectivity index (χ0) is 15.0. The van der Waals surface area contributed by atoms with Crippen LogP contribution >= 0.6 is 0 Å². The van der Waals surface area contributed by atoms with E-state index in [4.69, 9.17) is 4.74 Å². The molecule has 1 atom stereocenters. The van der Waals surface area contributed by atoms with Crippen LogP contribution in [0.25, 0.3) is 0 Å². The van der Waals surface area contributed by atoms with E-state index in [9.17, 15) is 9.59 Å². The molecule has 1 unspecified atom stereocenters. The summed E-state index contributed by atoms with van der Waals surface area (Å²) in [5.74, 6) is -0.123. The maximum atomic E-state index is 11.9. The molecular formula is C14H26N2O4. The predicted molar refractivity (Wildman–Crippen MR) is 75.4 cm³/mol. The molecule has 0 spiro atoms. The fourth-order valence-corrected chi connectivity index (χ4v) is 2.37. The van der Waals surface area contributed by atoms with Crippen molar-refractivity contribution >= 4 is 11.9 Å². The van der Waals surface area contributed by atoms with Crippen LogP contribution in [0.15, 0.2) is 0 Å². The van der Waals surface area contributed by atoms with Crippen LogP contribution in [0.4, 0.5) is 0 Å². The Bertz CT molecular complexity index is 318. The van der Waals surface area contributed by atoms with E-state index in [0.29, 0.717) is 19.6 Å². The number of nitrogens with zero attached hydrogens (tertiary/aromatic N) is 2. The SMILES string of the molecule is CCN(CC)C(=O)CCCN1CCOC(C(=O)OC)C1. The second-order valence-corrected chi connectivity index (χ2v) is 4.85. The fraction of sp³-hybridized carbons (Fsp3) is 0.857. The first-order valence-electron chi connectivity index (χ1n) is 7.31. The summed E-state index contributed by atoms with van der Waals surface area (Å²) in [4.78, 5) is 27.3. The molecule has 0 aromatic rings. The van der Waals surface area contributed by atoms with E-state index in [0.717, 1.165) is 32.6 Å². The zero-order valence-corrected chi connectivity index (χ0v) is 12.8. The number of methoxy groups -OCH3 is 1. The molecule has 1 aliphatic rings. The smallest absolute Gasteiger partial charge is 0.336 e. The molecule has 6 nitrogen and oxygen atoms in total. The molecule has 20 heavy (non-hydrogen) atoms. The van der Waals surface area contributed by atoms with Gasteiger partial charge in [-0.3, -0.25) is 9.69 Å². The highest BCUT2D eigenvalue weighted by Gasteiger charge is 2.27. The van der Waals surface area contributed by atoms with Gasteiger partial charge in [0.25, 0.3) is 0 Å². The number of morpholine rings is 1. The highest BCUT2D eigenvalue weighted by molar-refractivity contribution is 5.76. The fourth-order valence-electron chi connectivity index (χ4n) is 2.37. The summed E-state index contributed by atoms with van der Waals surface area (Å²) >= 11 is 0. The number of carbonyl (C=O) groups is 2. The minimum Gasteiger partial charge on any atom is -0.467 e. The summed E-state index contributed by atoms with van der Waals surface area (Å²) in [6.07, 6.45) is 0.873. The average Bonchev–Trinajstić information content (AvgIpc) is 2.48. The Balaban J connectivity index is 2.28. The lowest BCUT2D eigenvalue weighted by atomic mass is 10.2. The molecule has 0 N–H and O–H groups in total. The number of amides is 1. The summed E-state index contributed by atoms with van der Waals surface area (Å²) in [6, 6.07) is 0. The third kappa shape index (κ3) is 5.09. The monoisotopic (exact) mass is 286 g/mol. The van der Waals surface area contributed by atoms with E-state index in [1.807, 2.05) is 18.7 Å². The van der Waals surface area contributed by atoms with E-state index in [2.05, 4.69) is 9.64 Å². The number of hydrogen-bond donors (Lipinski definition) is 0. The molecule has 0 saturated carbocycles. The van der Waals surface area contributed by atoms with Gasteiger partial charge in [0.05, 0.1) is 13.7 Å². The van der Waals surface area contributed by atoms with E-state index in [1.54, 1.807) is 0 Å². The van der Waals surface area contributed by atoms with E-state index in [1.165, 1.54) is 7.11 Å². The first-order chi connectivity index (χ1) is 9.62. The summed E-state index contributed by atoms with van der Waals surface area (Å²) in [5.41, 5.74) is 0. The lowest BCUT2D eigenvalue weighted by Crippen LogP contribution is -2.46. The summed E-state index contributed by atoms with van der Waals surface area (Å²) in [7, 11) is 1.37. The lowest BCUT2D eigenvalue weighted by Gasteiger charge is -2.31. The van der Waals surface area contributed by atoms with Crippen LogP contribution in [0.5, 0.6) is 0 Å². The molecular weight excluding hydrogens is 260 g/mol. The molecule has 6 heteroatoms. The molecule has 1 saturated heterocycles. The van der Waals surface area contributed by atoms with Gasteiger partial charge in [-0.15, -0.1) is 0 Å². The maximum Gasteiger partial charge on any atom is 0.336 e. The standard InChI is InChI=1S/C14H26N2O4/c1-4-16(5-2)13(17)7-6-8-15-9-10-20-12(11-15)14(18)19-3/h12H,4-11H2,1-3H3. The Morgan fingerprint density at radius 2 is 2.05 bits per heavy atom. The van der Waals surface area contributed by atoms with Crippen molar-refractivity contribution in [2.24, 2.45) is 0 Å². The van der Waals surface area contributed by atoms with Crippen LogP contribution in [0.2, 0.25) is 0 Å². The molecule has 1 heterocycles. The molecule has 0 aromatic carbocycles. The molecule has 1 fully saturated rings. The van der Waals surface area contributed by atoms with Crippen LogP contribution < -0.4 is 0 Å². The molecule has 0 radical (unpaired) electrons. The maximum absolute atomic E-state index is 11.9. The molecule has 0 aliphatic carbocycles. The zero-order valence-electron chi connectivity index (χ0n) is 12.8. The largest absolute Gasteiger partial charge is 0.467 e. The van der Waals surface area contributed by atoms with Gasteiger partial charge in [-0.05, 0) is 26.8 Å². The van der Waals surface area contributed by atoms with Gasteiger partial charge >= 0.3 is 5.97 Å². The first kappa shape index (κ1) is 16.9. The van der Waals surface area contributed by atoms with Crippen molar-refractivity contribution < 1.29 is 19.1 Å². The van der Waals surface area contributed by atoms with Crippen LogP contribution in [-0.2, 0) is 19.1 Å². The van der Waals surface area contributed by atoms with Crippen LogP contribution in [0.3, 0.4) is 0 Å². The first-order valence-corrected chi connectivity index (χ1v) is 7.31. The average molecular weight is 286 g/mol. The lowest BCUT2D eigenvalue weighted by molar-refractivity contribution is -0.159. The number of rotatable bonds is 7. The van der Waals surface area contributed by atoms with Gasteiger partial charge in [0.15, 0.2) is 6.10 Å². The van der Waals surface area contributed by atoms with Gasteiger partial charge in [0, 0.05) is 32.6 Å². The van der Waals surface area contributed by atoms with Crippen molar-refractivity contribution in [1.29, 1.82) is 0 Å². The van der Waals surface area contributed by atoms with Crippen molar-refractivity contribution in [3.63, 3.8) is 0 Å². The molecule has 0 bridgehead atoms. The normalized spacial score (nSPS) is 19.6. The minimum atomic E-state index is -0.493. The Morgan fingerprint density at radius 1 is 1.35 bits per heavy atom. The van der Waals surface area contributed by atoms with Gasteiger partial charge < -0.3 is 14.4 Å². The Morgan fingerprint density at radius 3 is 2.65 bits per heavy atom. The Hall–Kier alpha value is -1.14. The van der Waals surface area contributed by atoms with Crippen LogP contribution in [-0.4, -0.2) is 74.2 Å². The van der Waals surface area contributed by atoms with Gasteiger partial charge in [-0.2, -0.15) is 0 Å². The van der Waals surface area contributed by atoms with Crippen LogP contribution in [0.1, 0.15) is 26.7 Å². The van der Waals surface area contributed by atoms with Crippen molar-refractivity contribution in [3.8, 4) is 0 Å². The molecule has 116 valence electrons. The third-order valence-electron chi connectivity index (χ3n) is 3.60. The molecule has 0 aromatic heterocycles. The number of hydrogen-bond acceptors (Lipinski definition) is 5. The highest BCUT2D eigenvalue weighted by atomic mass is 16.6. The Labute approximate surface area is 121 Å².